The first-order chi connectivity index (χ1) is 15.8. The van der Waals surface area contributed by atoms with Crippen LogP contribution in [0, 0.1) is 0 Å². The van der Waals surface area contributed by atoms with Gasteiger partial charge in [0.15, 0.2) is 0 Å². The van der Waals surface area contributed by atoms with Crippen molar-refractivity contribution in [2.75, 3.05) is 35.3 Å². The number of para-hydroxylation sites is 1. The van der Waals surface area contributed by atoms with Crippen LogP contribution in [0.3, 0.4) is 0 Å². The Kier molecular flexibility index (Phi) is 7.65. The molecule has 5 rings (SSSR count). The number of hydrogen-bond donors (Lipinski definition) is 2. The number of nitrogens with zero attached hydrogens (tertiary/aromatic N) is 2. The smallest absolute Gasteiger partial charge is 0.229 e. The van der Waals surface area contributed by atoms with Crippen molar-refractivity contribution in [3.8, 4) is 0 Å². The molecule has 0 amide bonds. The SMILES string of the molecule is CN(C)c1cc(NS(C)(=O)=O)ccc1Nc1c2ccccc2nc2c1ccc1ccccc12.Cl.Cl. The van der Waals surface area contributed by atoms with Gasteiger partial charge in [-0.3, -0.25) is 4.72 Å². The highest BCUT2D eigenvalue weighted by molar-refractivity contribution is 7.92. The van der Waals surface area contributed by atoms with Crippen LogP contribution in [0.15, 0.2) is 78.9 Å². The van der Waals surface area contributed by atoms with E-state index in [0.29, 0.717) is 5.69 Å². The summed E-state index contributed by atoms with van der Waals surface area (Å²) in [6.45, 7) is 0. The Bertz CT molecular complexity index is 1640. The quantitative estimate of drug-likeness (QED) is 0.199. The molecule has 2 N–H and O–H groups in total. The van der Waals surface area contributed by atoms with Gasteiger partial charge in [-0.2, -0.15) is 0 Å². The van der Waals surface area contributed by atoms with Crippen molar-refractivity contribution in [1.29, 1.82) is 0 Å². The number of anilines is 4. The van der Waals surface area contributed by atoms with Gasteiger partial charge in [0.1, 0.15) is 0 Å². The van der Waals surface area contributed by atoms with Gasteiger partial charge in [0.2, 0.25) is 10.0 Å². The zero-order valence-corrected chi connectivity index (χ0v) is 21.9. The molecule has 0 aliphatic heterocycles. The minimum atomic E-state index is -3.37. The predicted octanol–water partition coefficient (Wildman–Crippen LogP) is 6.57. The van der Waals surface area contributed by atoms with Crippen LogP contribution in [-0.4, -0.2) is 33.8 Å². The first-order valence-electron chi connectivity index (χ1n) is 10.6. The maximum atomic E-state index is 11.7. The van der Waals surface area contributed by atoms with Crippen LogP contribution >= 0.6 is 24.8 Å². The molecule has 6 nitrogen and oxygen atoms in total. The summed E-state index contributed by atoms with van der Waals surface area (Å²) >= 11 is 0. The van der Waals surface area contributed by atoms with Gasteiger partial charge in [-0.15, -0.1) is 24.8 Å². The molecule has 35 heavy (non-hydrogen) atoms. The third kappa shape index (κ3) is 5.22. The van der Waals surface area contributed by atoms with E-state index in [1.54, 1.807) is 6.07 Å². The molecule has 0 bridgehead atoms. The third-order valence-corrected chi connectivity index (χ3v) is 6.22. The van der Waals surface area contributed by atoms with E-state index in [-0.39, 0.29) is 24.8 Å². The summed E-state index contributed by atoms with van der Waals surface area (Å²) in [7, 11) is 0.496. The van der Waals surface area contributed by atoms with Gasteiger partial charge in [0, 0.05) is 30.3 Å². The van der Waals surface area contributed by atoms with Crippen LogP contribution in [0.25, 0.3) is 32.6 Å². The van der Waals surface area contributed by atoms with Crippen LogP contribution in [0.1, 0.15) is 0 Å². The maximum absolute atomic E-state index is 11.7. The maximum Gasteiger partial charge on any atom is 0.229 e. The molecule has 0 aliphatic carbocycles. The summed E-state index contributed by atoms with van der Waals surface area (Å²) < 4.78 is 26.0. The monoisotopic (exact) mass is 528 g/mol. The predicted molar refractivity (Wildman–Crippen MR) is 154 cm³/mol. The summed E-state index contributed by atoms with van der Waals surface area (Å²) in [5.41, 5.74) is 5.06. The summed E-state index contributed by atoms with van der Waals surface area (Å²) in [6, 6.07) is 26.0. The molecule has 5 aromatic rings. The molecule has 0 aliphatic rings. The van der Waals surface area contributed by atoms with Gasteiger partial charge >= 0.3 is 0 Å². The molecule has 9 heteroatoms. The summed E-state index contributed by atoms with van der Waals surface area (Å²) in [5, 5.41) is 7.92. The van der Waals surface area contributed by atoms with E-state index in [0.717, 1.165) is 55.9 Å². The van der Waals surface area contributed by atoms with Gasteiger partial charge in [0.25, 0.3) is 0 Å². The van der Waals surface area contributed by atoms with Crippen LogP contribution in [0.5, 0.6) is 0 Å². The minimum absolute atomic E-state index is 0. The number of benzene rings is 4. The third-order valence-electron chi connectivity index (χ3n) is 5.62. The molecule has 4 aromatic carbocycles. The number of nitrogens with one attached hydrogen (secondary N) is 2. The van der Waals surface area contributed by atoms with Gasteiger partial charge in [-0.25, -0.2) is 13.4 Å². The van der Waals surface area contributed by atoms with E-state index in [1.807, 2.05) is 61.5 Å². The molecular weight excluding hydrogens is 503 g/mol. The molecule has 0 radical (unpaired) electrons. The topological polar surface area (TPSA) is 74.3 Å². The highest BCUT2D eigenvalue weighted by Gasteiger charge is 2.15. The Labute approximate surface area is 217 Å². The Hall–Kier alpha value is -3.26. The summed E-state index contributed by atoms with van der Waals surface area (Å²) in [5.74, 6) is 0. The summed E-state index contributed by atoms with van der Waals surface area (Å²) in [4.78, 5) is 6.95. The number of hydrogen-bond acceptors (Lipinski definition) is 5. The second kappa shape index (κ2) is 10.2. The molecule has 0 unspecified atom stereocenters. The summed E-state index contributed by atoms with van der Waals surface area (Å²) in [6.07, 6.45) is 1.15. The number of sulfonamides is 1. The van der Waals surface area contributed by atoms with Crippen LogP contribution < -0.4 is 14.9 Å². The largest absolute Gasteiger partial charge is 0.376 e. The van der Waals surface area contributed by atoms with E-state index in [1.165, 1.54) is 0 Å². The van der Waals surface area contributed by atoms with Crippen molar-refractivity contribution in [1.82, 2.24) is 4.98 Å². The molecule has 0 fully saturated rings. The molecular formula is C26H26Cl2N4O2S. The molecule has 1 aromatic heterocycles. The van der Waals surface area contributed by atoms with Crippen molar-refractivity contribution < 1.29 is 8.42 Å². The van der Waals surface area contributed by atoms with Crippen LogP contribution in [-0.2, 0) is 10.0 Å². The van der Waals surface area contributed by atoms with Gasteiger partial charge < -0.3 is 10.2 Å². The van der Waals surface area contributed by atoms with E-state index in [4.69, 9.17) is 4.98 Å². The van der Waals surface area contributed by atoms with E-state index in [9.17, 15) is 8.42 Å². The molecule has 0 saturated heterocycles. The van der Waals surface area contributed by atoms with Crippen LogP contribution in [0.4, 0.5) is 22.7 Å². The number of fused-ring (bicyclic) bond motifs is 4. The zero-order valence-electron chi connectivity index (χ0n) is 19.4. The van der Waals surface area contributed by atoms with Crippen molar-refractivity contribution in [3.63, 3.8) is 0 Å². The highest BCUT2D eigenvalue weighted by Crippen LogP contribution is 2.39. The van der Waals surface area contributed by atoms with Crippen molar-refractivity contribution in [2.24, 2.45) is 0 Å². The Balaban J connectivity index is 0.00000171. The number of rotatable bonds is 5. The molecule has 0 atom stereocenters. The van der Waals surface area contributed by atoms with Gasteiger partial charge in [-0.1, -0.05) is 54.6 Å². The second-order valence-corrected chi connectivity index (χ2v) is 10.1. The first-order valence-corrected chi connectivity index (χ1v) is 12.5. The lowest BCUT2D eigenvalue weighted by molar-refractivity contribution is 0.607. The Morgan fingerprint density at radius 2 is 1.49 bits per heavy atom. The van der Waals surface area contributed by atoms with Gasteiger partial charge in [0.05, 0.1) is 40.0 Å². The van der Waals surface area contributed by atoms with Crippen LogP contribution in [0.2, 0.25) is 0 Å². The average molecular weight is 529 g/mol. The lowest BCUT2D eigenvalue weighted by Gasteiger charge is -2.21. The molecule has 182 valence electrons. The van der Waals surface area contributed by atoms with Gasteiger partial charge in [-0.05, 0) is 29.7 Å². The fourth-order valence-corrected chi connectivity index (χ4v) is 4.73. The average Bonchev–Trinajstić information content (AvgIpc) is 2.78. The number of halogens is 2. The second-order valence-electron chi connectivity index (χ2n) is 8.31. The standard InChI is InChI=1S/C26H24N4O2S.2ClH/c1-30(2)24-16-18(29-33(3,31)32)13-15-23(24)28-26-20-10-6-7-11-22(20)27-25-19-9-5-4-8-17(19)12-14-21(25)26;;/h4-16,29H,1-3H3,(H,27,28);2*1H. The Morgan fingerprint density at radius 3 is 2.20 bits per heavy atom. The normalized spacial score (nSPS) is 11.1. The number of pyridine rings is 1. The molecule has 0 spiro atoms. The Morgan fingerprint density at radius 1 is 0.800 bits per heavy atom. The number of aromatic nitrogens is 1. The van der Waals surface area contributed by atoms with E-state index >= 15 is 0 Å². The first kappa shape index (κ1) is 26.3. The zero-order chi connectivity index (χ0) is 23.2. The lowest BCUT2D eigenvalue weighted by Crippen LogP contribution is -2.14. The van der Waals surface area contributed by atoms with E-state index in [2.05, 4.69) is 40.4 Å². The van der Waals surface area contributed by atoms with E-state index < -0.39 is 10.0 Å². The molecule has 1 heterocycles. The lowest BCUT2D eigenvalue weighted by atomic mass is 10.0. The highest BCUT2D eigenvalue weighted by atomic mass is 35.5. The fourth-order valence-electron chi connectivity index (χ4n) is 4.18. The van der Waals surface area contributed by atoms with Crippen molar-refractivity contribution in [3.05, 3.63) is 78.9 Å². The van der Waals surface area contributed by atoms with Crippen molar-refractivity contribution >= 4 is 90.2 Å². The minimum Gasteiger partial charge on any atom is -0.376 e. The van der Waals surface area contributed by atoms with Crippen molar-refractivity contribution in [2.45, 2.75) is 0 Å². The fraction of sp³-hybridized carbons (Fsp3) is 0.115. The molecule has 0 saturated carbocycles.